The lowest BCUT2D eigenvalue weighted by Crippen LogP contribution is -2.29. The van der Waals surface area contributed by atoms with Gasteiger partial charge in [-0.3, -0.25) is 9.78 Å². The van der Waals surface area contributed by atoms with E-state index in [2.05, 4.69) is 20.5 Å². The standard InChI is InChI=1S/C12H11ClN4O2/c13-11-4-3-9(16-17-11)12(19)15-7-10(18)8-2-1-5-14-6-8/h1-6,10,18H,7H2,(H,15,19). The topological polar surface area (TPSA) is 88.0 Å². The first-order chi connectivity index (χ1) is 9.16. The van der Waals surface area contributed by atoms with Gasteiger partial charge in [-0.15, -0.1) is 10.2 Å². The molecule has 0 aliphatic rings. The van der Waals surface area contributed by atoms with Crippen molar-refractivity contribution in [3.05, 3.63) is 53.1 Å². The number of hydrogen-bond acceptors (Lipinski definition) is 5. The summed E-state index contributed by atoms with van der Waals surface area (Å²) in [6.07, 6.45) is 2.33. The fourth-order valence-electron chi connectivity index (χ4n) is 1.41. The van der Waals surface area contributed by atoms with E-state index in [0.717, 1.165) is 0 Å². The number of halogens is 1. The van der Waals surface area contributed by atoms with Crippen molar-refractivity contribution < 1.29 is 9.90 Å². The normalized spacial score (nSPS) is 11.9. The van der Waals surface area contributed by atoms with E-state index < -0.39 is 12.0 Å². The summed E-state index contributed by atoms with van der Waals surface area (Å²) in [4.78, 5) is 15.6. The van der Waals surface area contributed by atoms with Crippen LogP contribution in [0.1, 0.15) is 22.2 Å². The highest BCUT2D eigenvalue weighted by Gasteiger charge is 2.12. The van der Waals surface area contributed by atoms with Crippen LogP contribution in [0.4, 0.5) is 0 Å². The van der Waals surface area contributed by atoms with Gasteiger partial charge in [-0.25, -0.2) is 0 Å². The molecule has 1 atom stereocenters. The second-order valence-electron chi connectivity index (χ2n) is 3.75. The molecule has 2 aromatic heterocycles. The van der Waals surface area contributed by atoms with Gasteiger partial charge in [-0.1, -0.05) is 17.7 Å². The predicted octanol–water partition coefficient (Wildman–Crippen LogP) is 0.988. The lowest BCUT2D eigenvalue weighted by Gasteiger charge is -2.11. The fourth-order valence-corrected chi connectivity index (χ4v) is 1.51. The zero-order chi connectivity index (χ0) is 13.7. The van der Waals surface area contributed by atoms with E-state index in [4.69, 9.17) is 11.6 Å². The highest BCUT2D eigenvalue weighted by molar-refractivity contribution is 6.29. The molecule has 0 aromatic carbocycles. The Hall–Kier alpha value is -2.05. The largest absolute Gasteiger partial charge is 0.387 e. The molecule has 0 aliphatic heterocycles. The molecule has 7 heteroatoms. The molecule has 0 saturated carbocycles. The molecule has 2 rings (SSSR count). The van der Waals surface area contributed by atoms with Crippen molar-refractivity contribution in [1.29, 1.82) is 0 Å². The van der Waals surface area contributed by atoms with E-state index >= 15 is 0 Å². The van der Waals surface area contributed by atoms with E-state index in [1.54, 1.807) is 24.5 Å². The number of aliphatic hydroxyl groups is 1. The van der Waals surface area contributed by atoms with Crippen LogP contribution in [0.25, 0.3) is 0 Å². The lowest BCUT2D eigenvalue weighted by atomic mass is 10.1. The number of rotatable bonds is 4. The summed E-state index contributed by atoms with van der Waals surface area (Å²) in [5.41, 5.74) is 0.771. The molecule has 0 radical (unpaired) electrons. The minimum Gasteiger partial charge on any atom is -0.387 e. The first-order valence-electron chi connectivity index (χ1n) is 5.52. The number of aromatic nitrogens is 3. The van der Waals surface area contributed by atoms with Crippen molar-refractivity contribution in [2.75, 3.05) is 6.54 Å². The lowest BCUT2D eigenvalue weighted by molar-refractivity contribution is 0.0910. The number of pyridine rings is 1. The van der Waals surface area contributed by atoms with Crippen molar-refractivity contribution in [1.82, 2.24) is 20.5 Å². The van der Waals surface area contributed by atoms with Gasteiger partial charge in [0.25, 0.3) is 5.91 Å². The molecule has 0 aliphatic carbocycles. The summed E-state index contributed by atoms with van der Waals surface area (Å²) in [6.45, 7) is 0.0643. The molecule has 1 amide bonds. The summed E-state index contributed by atoms with van der Waals surface area (Å²) >= 11 is 5.57. The van der Waals surface area contributed by atoms with Gasteiger partial charge in [0, 0.05) is 24.5 Å². The van der Waals surface area contributed by atoms with E-state index in [1.807, 2.05) is 0 Å². The Kier molecular flexibility index (Phi) is 4.38. The number of aliphatic hydroxyl groups excluding tert-OH is 1. The van der Waals surface area contributed by atoms with Gasteiger partial charge in [0.1, 0.15) is 0 Å². The van der Waals surface area contributed by atoms with Gasteiger partial charge in [-0.05, 0) is 18.2 Å². The molecule has 2 heterocycles. The van der Waals surface area contributed by atoms with Crippen LogP contribution in [-0.2, 0) is 0 Å². The van der Waals surface area contributed by atoms with Gasteiger partial charge >= 0.3 is 0 Å². The number of hydrogen-bond donors (Lipinski definition) is 2. The van der Waals surface area contributed by atoms with Gasteiger partial charge in [0.05, 0.1) is 6.10 Å². The minimum atomic E-state index is -0.821. The second-order valence-corrected chi connectivity index (χ2v) is 4.14. The van der Waals surface area contributed by atoms with Crippen LogP contribution in [0.5, 0.6) is 0 Å². The van der Waals surface area contributed by atoms with Gasteiger partial charge < -0.3 is 10.4 Å². The molecular weight excluding hydrogens is 268 g/mol. The number of carbonyl (C=O) groups is 1. The molecule has 19 heavy (non-hydrogen) atoms. The van der Waals surface area contributed by atoms with E-state index in [-0.39, 0.29) is 17.4 Å². The predicted molar refractivity (Wildman–Crippen MR) is 68.6 cm³/mol. The second kappa shape index (κ2) is 6.21. The molecule has 0 saturated heterocycles. The van der Waals surface area contributed by atoms with Crippen LogP contribution >= 0.6 is 11.6 Å². The maximum Gasteiger partial charge on any atom is 0.271 e. The number of nitrogens with one attached hydrogen (secondary N) is 1. The van der Waals surface area contributed by atoms with Crippen LogP contribution in [0, 0.1) is 0 Å². The van der Waals surface area contributed by atoms with Crippen LogP contribution in [0.15, 0.2) is 36.7 Å². The first-order valence-corrected chi connectivity index (χ1v) is 5.90. The molecule has 6 nitrogen and oxygen atoms in total. The van der Waals surface area contributed by atoms with E-state index in [9.17, 15) is 9.90 Å². The molecule has 0 fully saturated rings. The quantitative estimate of drug-likeness (QED) is 0.871. The Morgan fingerprint density at radius 2 is 2.21 bits per heavy atom. The zero-order valence-corrected chi connectivity index (χ0v) is 10.6. The summed E-state index contributed by atoms with van der Waals surface area (Å²) in [5, 5.41) is 19.8. The fraction of sp³-hybridized carbons (Fsp3) is 0.167. The maximum absolute atomic E-state index is 11.7. The van der Waals surface area contributed by atoms with Crippen LogP contribution in [-0.4, -0.2) is 32.7 Å². The maximum atomic E-state index is 11.7. The molecule has 98 valence electrons. The highest BCUT2D eigenvalue weighted by atomic mass is 35.5. The molecule has 2 aromatic rings. The first kappa shape index (κ1) is 13.4. The van der Waals surface area contributed by atoms with Gasteiger partial charge in [-0.2, -0.15) is 0 Å². The third kappa shape index (κ3) is 3.70. The number of nitrogens with zero attached hydrogens (tertiary/aromatic N) is 3. The third-order valence-electron chi connectivity index (χ3n) is 2.39. The molecule has 2 N–H and O–H groups in total. The summed E-state index contributed by atoms with van der Waals surface area (Å²) in [6, 6.07) is 6.37. The molecule has 0 bridgehead atoms. The Bertz CT molecular complexity index is 547. The van der Waals surface area contributed by atoms with Gasteiger partial charge in [0.2, 0.25) is 0 Å². The average Bonchev–Trinajstić information content (AvgIpc) is 2.46. The summed E-state index contributed by atoms with van der Waals surface area (Å²) < 4.78 is 0. The Balaban J connectivity index is 1.92. The van der Waals surface area contributed by atoms with Crippen molar-refractivity contribution in [2.45, 2.75) is 6.10 Å². The average molecular weight is 279 g/mol. The van der Waals surface area contributed by atoms with Crippen LogP contribution in [0.3, 0.4) is 0 Å². The van der Waals surface area contributed by atoms with Crippen LogP contribution in [0.2, 0.25) is 5.15 Å². The van der Waals surface area contributed by atoms with E-state index in [1.165, 1.54) is 12.1 Å². The Morgan fingerprint density at radius 3 is 2.84 bits per heavy atom. The van der Waals surface area contributed by atoms with Gasteiger partial charge in [0.15, 0.2) is 10.8 Å². The molecular formula is C12H11ClN4O2. The van der Waals surface area contributed by atoms with Crippen molar-refractivity contribution in [2.24, 2.45) is 0 Å². The Labute approximate surface area is 114 Å². The Morgan fingerprint density at radius 1 is 1.37 bits per heavy atom. The monoisotopic (exact) mass is 278 g/mol. The minimum absolute atomic E-state index is 0.0643. The van der Waals surface area contributed by atoms with Crippen molar-refractivity contribution in [3.63, 3.8) is 0 Å². The zero-order valence-electron chi connectivity index (χ0n) is 9.82. The molecule has 1 unspecified atom stereocenters. The van der Waals surface area contributed by atoms with E-state index in [0.29, 0.717) is 5.56 Å². The molecule has 0 spiro atoms. The van der Waals surface area contributed by atoms with Crippen molar-refractivity contribution in [3.8, 4) is 0 Å². The van der Waals surface area contributed by atoms with Crippen molar-refractivity contribution >= 4 is 17.5 Å². The SMILES string of the molecule is O=C(NCC(O)c1cccnc1)c1ccc(Cl)nn1. The number of amides is 1. The number of carbonyl (C=O) groups excluding carboxylic acids is 1. The highest BCUT2D eigenvalue weighted by Crippen LogP contribution is 2.09. The smallest absolute Gasteiger partial charge is 0.271 e. The third-order valence-corrected chi connectivity index (χ3v) is 2.59. The van der Waals surface area contributed by atoms with Crippen LogP contribution < -0.4 is 5.32 Å². The summed E-state index contributed by atoms with van der Waals surface area (Å²) in [5.74, 6) is -0.424. The summed E-state index contributed by atoms with van der Waals surface area (Å²) in [7, 11) is 0.